The van der Waals surface area contributed by atoms with Gasteiger partial charge in [0.25, 0.3) is 11.8 Å². The maximum atomic E-state index is 13.4. The molecule has 1 aromatic heterocycles. The Hall–Kier alpha value is -2.79. The lowest BCUT2D eigenvalue weighted by Gasteiger charge is -2.28. The van der Waals surface area contributed by atoms with E-state index in [9.17, 15) is 14.4 Å². The van der Waals surface area contributed by atoms with E-state index in [1.165, 1.54) is 11.3 Å². The van der Waals surface area contributed by atoms with E-state index in [4.69, 9.17) is 16.3 Å². The Balaban J connectivity index is 1.26. The summed E-state index contributed by atoms with van der Waals surface area (Å²) in [6.45, 7) is 5.25. The van der Waals surface area contributed by atoms with Crippen molar-refractivity contribution in [3.63, 3.8) is 0 Å². The molecule has 4 heterocycles. The summed E-state index contributed by atoms with van der Waals surface area (Å²) in [4.78, 5) is 44.3. The van der Waals surface area contributed by atoms with E-state index in [1.807, 2.05) is 42.3 Å². The van der Waals surface area contributed by atoms with Crippen molar-refractivity contribution in [2.75, 3.05) is 32.8 Å². The molecule has 2 atom stereocenters. The number of ether oxygens (including phenoxy) is 1. The fourth-order valence-corrected chi connectivity index (χ4v) is 6.21. The van der Waals surface area contributed by atoms with E-state index in [0.29, 0.717) is 42.6 Å². The summed E-state index contributed by atoms with van der Waals surface area (Å²) in [6, 6.07) is 6.99. The van der Waals surface area contributed by atoms with E-state index >= 15 is 0 Å². The van der Waals surface area contributed by atoms with Gasteiger partial charge in [0, 0.05) is 26.2 Å². The highest BCUT2D eigenvalue weighted by Gasteiger charge is 2.38. The number of halogens is 1. The largest absolute Gasteiger partial charge is 0.377 e. The number of hydrogen-bond donors (Lipinski definition) is 2. The molecule has 1 aromatic carbocycles. The highest BCUT2D eigenvalue weighted by Crippen LogP contribution is 2.32. The van der Waals surface area contributed by atoms with Crippen molar-refractivity contribution >= 4 is 46.2 Å². The second-order valence-corrected chi connectivity index (χ2v) is 10.7. The SMILES string of the molecule is CC[C@H](CNC(=O)c1sc(C2=CCOCC2)nc1Cl)C(=O)N[C@@H]1C(=O)N2CCCN2Cc2ccccc21. The lowest BCUT2D eigenvalue weighted by atomic mass is 9.98. The minimum atomic E-state index is -0.761. The maximum Gasteiger partial charge on any atom is 0.264 e. The van der Waals surface area contributed by atoms with Crippen LogP contribution in [0.1, 0.15) is 58.0 Å². The van der Waals surface area contributed by atoms with E-state index in [2.05, 4.69) is 15.6 Å². The fourth-order valence-electron chi connectivity index (χ4n) is 4.94. The lowest BCUT2D eigenvalue weighted by molar-refractivity contribution is -0.148. The smallest absolute Gasteiger partial charge is 0.264 e. The summed E-state index contributed by atoms with van der Waals surface area (Å²) in [5.74, 6) is -1.27. The second-order valence-electron chi connectivity index (χ2n) is 9.35. The molecule has 0 radical (unpaired) electrons. The molecule has 0 spiro atoms. The number of carbonyl (C=O) groups is 3. The predicted molar refractivity (Wildman–Crippen MR) is 141 cm³/mol. The first-order valence-corrected chi connectivity index (χ1v) is 13.8. The van der Waals surface area contributed by atoms with E-state index in [1.54, 1.807) is 5.01 Å². The second kappa shape index (κ2) is 11.3. The van der Waals surface area contributed by atoms with Crippen LogP contribution < -0.4 is 10.6 Å². The van der Waals surface area contributed by atoms with Gasteiger partial charge in [0.2, 0.25) is 5.91 Å². The molecule has 0 saturated carbocycles. The van der Waals surface area contributed by atoms with Crippen molar-refractivity contribution < 1.29 is 19.1 Å². The van der Waals surface area contributed by atoms with Gasteiger partial charge >= 0.3 is 0 Å². The summed E-state index contributed by atoms with van der Waals surface area (Å²) in [5.41, 5.74) is 2.87. The third-order valence-electron chi connectivity index (χ3n) is 7.04. The average molecular weight is 544 g/mol. The number of carbonyl (C=O) groups excluding carboxylic acids is 3. The maximum absolute atomic E-state index is 13.4. The Morgan fingerprint density at radius 2 is 2.14 bits per heavy atom. The van der Waals surface area contributed by atoms with Gasteiger partial charge in [-0.25, -0.2) is 9.99 Å². The van der Waals surface area contributed by atoms with Gasteiger partial charge < -0.3 is 15.4 Å². The van der Waals surface area contributed by atoms with E-state index in [-0.39, 0.29) is 29.4 Å². The quantitative estimate of drug-likeness (QED) is 0.556. The average Bonchev–Trinajstić information content (AvgIpc) is 3.52. The Morgan fingerprint density at radius 1 is 1.30 bits per heavy atom. The van der Waals surface area contributed by atoms with Crippen molar-refractivity contribution in [2.45, 2.75) is 38.8 Å². The van der Waals surface area contributed by atoms with Gasteiger partial charge in [0.05, 0.1) is 19.1 Å². The molecule has 3 amide bonds. The molecule has 2 aromatic rings. The van der Waals surface area contributed by atoms with Crippen LogP contribution in [0, 0.1) is 5.92 Å². The van der Waals surface area contributed by atoms with Crippen LogP contribution in [0.25, 0.3) is 5.57 Å². The molecular formula is C26H30ClN5O4S. The van der Waals surface area contributed by atoms with Crippen LogP contribution in [0.5, 0.6) is 0 Å². The minimum Gasteiger partial charge on any atom is -0.377 e. The first kappa shape index (κ1) is 25.8. The van der Waals surface area contributed by atoms with Crippen LogP contribution in [0.15, 0.2) is 30.3 Å². The molecule has 11 heteroatoms. The monoisotopic (exact) mass is 543 g/mol. The zero-order valence-electron chi connectivity index (χ0n) is 20.7. The Morgan fingerprint density at radius 3 is 2.92 bits per heavy atom. The van der Waals surface area contributed by atoms with Gasteiger partial charge in [-0.05, 0) is 36.0 Å². The zero-order valence-corrected chi connectivity index (χ0v) is 22.2. The van der Waals surface area contributed by atoms with Crippen LogP contribution in [0.4, 0.5) is 0 Å². The fraction of sp³-hybridized carbons (Fsp3) is 0.462. The van der Waals surface area contributed by atoms with E-state index in [0.717, 1.165) is 36.1 Å². The third-order valence-corrected chi connectivity index (χ3v) is 8.55. The summed E-state index contributed by atoms with van der Waals surface area (Å²) in [6.07, 6.45) is 4.08. The van der Waals surface area contributed by atoms with Crippen LogP contribution in [0.2, 0.25) is 5.15 Å². The zero-order chi connectivity index (χ0) is 25.9. The molecule has 0 aliphatic carbocycles. The number of thiazole rings is 1. The van der Waals surface area contributed by atoms with Crippen molar-refractivity contribution in [1.82, 2.24) is 25.6 Å². The number of aromatic nitrogens is 1. The van der Waals surface area contributed by atoms with Gasteiger partial charge in [-0.1, -0.05) is 48.9 Å². The van der Waals surface area contributed by atoms with Gasteiger partial charge in [0.1, 0.15) is 15.9 Å². The van der Waals surface area contributed by atoms with Gasteiger partial charge in [0.15, 0.2) is 5.15 Å². The summed E-state index contributed by atoms with van der Waals surface area (Å²) in [5, 5.41) is 10.5. The van der Waals surface area contributed by atoms with Crippen molar-refractivity contribution in [3.8, 4) is 0 Å². The predicted octanol–water partition coefficient (Wildman–Crippen LogP) is 3.18. The molecular weight excluding hydrogens is 514 g/mol. The number of hydrazine groups is 1. The number of nitrogens with zero attached hydrogens (tertiary/aromatic N) is 3. The highest BCUT2D eigenvalue weighted by atomic mass is 35.5. The van der Waals surface area contributed by atoms with E-state index < -0.39 is 12.0 Å². The number of amides is 3. The van der Waals surface area contributed by atoms with Gasteiger partial charge in [-0.15, -0.1) is 11.3 Å². The first-order valence-electron chi connectivity index (χ1n) is 12.6. The molecule has 3 aliphatic rings. The van der Waals surface area contributed by atoms with Crippen LogP contribution >= 0.6 is 22.9 Å². The Bertz CT molecular complexity index is 1230. The highest BCUT2D eigenvalue weighted by molar-refractivity contribution is 7.15. The van der Waals surface area contributed by atoms with Crippen molar-refractivity contribution in [2.24, 2.45) is 5.92 Å². The molecule has 1 fully saturated rings. The first-order chi connectivity index (χ1) is 18.0. The van der Waals surface area contributed by atoms with Crippen LogP contribution in [-0.4, -0.2) is 65.6 Å². The Labute approximate surface area is 224 Å². The molecule has 37 heavy (non-hydrogen) atoms. The van der Waals surface area contributed by atoms with Crippen LogP contribution in [0.3, 0.4) is 0 Å². The lowest BCUT2D eigenvalue weighted by Crippen LogP contribution is -2.47. The number of nitrogens with one attached hydrogen (secondary N) is 2. The molecule has 5 rings (SSSR count). The third kappa shape index (κ3) is 5.43. The number of benzene rings is 1. The standard InChI is InChI=1S/C26H30ClN5O4S/c1-2-16(14-28-24(34)21-22(27)30-25(37-21)17-8-12-36-13-9-17)23(33)29-20-19-7-4-3-6-18(19)15-31-10-5-11-32(31)26(20)35/h3-4,6-8,16,20H,2,5,9-15H2,1H3,(H,28,34)(H,29,33)/t16-,20+/m1/s1. The number of hydrogen-bond acceptors (Lipinski definition) is 7. The van der Waals surface area contributed by atoms with Crippen molar-refractivity contribution in [1.29, 1.82) is 0 Å². The van der Waals surface area contributed by atoms with Crippen molar-refractivity contribution in [3.05, 3.63) is 56.5 Å². The molecule has 1 saturated heterocycles. The Kier molecular flexibility index (Phi) is 7.89. The number of fused-ring (bicyclic) bond motifs is 2. The minimum absolute atomic E-state index is 0.124. The molecule has 196 valence electrons. The molecule has 0 unspecified atom stereocenters. The molecule has 3 aliphatic heterocycles. The van der Waals surface area contributed by atoms with Gasteiger partial charge in [-0.3, -0.25) is 19.4 Å². The molecule has 2 N–H and O–H groups in total. The summed E-state index contributed by atoms with van der Waals surface area (Å²) in [7, 11) is 0. The summed E-state index contributed by atoms with van der Waals surface area (Å²) >= 11 is 7.52. The topological polar surface area (TPSA) is 104 Å². The van der Waals surface area contributed by atoms with Gasteiger partial charge in [-0.2, -0.15) is 0 Å². The summed E-state index contributed by atoms with van der Waals surface area (Å²) < 4.78 is 5.34. The molecule has 9 nitrogen and oxygen atoms in total. The molecule has 0 bridgehead atoms. The van der Waals surface area contributed by atoms with Crippen LogP contribution in [-0.2, 0) is 20.9 Å². The normalized spacial score (nSPS) is 20.5. The number of rotatable bonds is 7.